The van der Waals surface area contributed by atoms with E-state index in [1.165, 1.54) is 47.9 Å². The Morgan fingerprint density at radius 1 is 1.33 bits per heavy atom. The summed E-state index contributed by atoms with van der Waals surface area (Å²) in [4.78, 5) is 11.4. The lowest BCUT2D eigenvalue weighted by molar-refractivity contribution is 0.114. The molecule has 2 heterocycles. The number of thiazole rings is 1. The Kier molecular flexibility index (Phi) is 4.94. The molecule has 0 aromatic carbocycles. The maximum absolute atomic E-state index is 4.97. The predicted molar refractivity (Wildman–Crippen MR) is 89.1 cm³/mol. The average Bonchev–Trinajstić information content (AvgIpc) is 2.87. The van der Waals surface area contributed by atoms with E-state index in [0.29, 0.717) is 12.1 Å². The summed E-state index contributed by atoms with van der Waals surface area (Å²) in [5.41, 5.74) is 1.37. The molecule has 1 aliphatic heterocycles. The van der Waals surface area contributed by atoms with Gasteiger partial charge < -0.3 is 15.1 Å². The van der Waals surface area contributed by atoms with Gasteiger partial charge in [-0.2, -0.15) is 0 Å². The molecule has 0 amide bonds. The van der Waals surface area contributed by atoms with Crippen LogP contribution in [0.1, 0.15) is 41.4 Å². The predicted octanol–water partition coefficient (Wildman–Crippen LogP) is 1.92. The molecule has 1 aliphatic carbocycles. The molecular weight excluding hydrogens is 280 g/mol. The molecule has 0 bridgehead atoms. The van der Waals surface area contributed by atoms with Gasteiger partial charge in [0, 0.05) is 43.0 Å². The van der Waals surface area contributed by atoms with Crippen LogP contribution in [-0.4, -0.2) is 61.1 Å². The number of nitrogens with zero attached hydrogens (tertiary/aromatic N) is 3. The average molecular weight is 308 g/mol. The van der Waals surface area contributed by atoms with Crippen molar-refractivity contribution in [1.29, 1.82) is 0 Å². The van der Waals surface area contributed by atoms with Crippen LogP contribution in [0.15, 0.2) is 0 Å². The molecule has 2 atom stereocenters. The molecule has 1 aromatic rings. The first kappa shape index (κ1) is 15.4. The van der Waals surface area contributed by atoms with E-state index in [4.69, 9.17) is 4.98 Å². The summed E-state index contributed by atoms with van der Waals surface area (Å²) < 4.78 is 0. The molecule has 21 heavy (non-hydrogen) atoms. The zero-order valence-electron chi connectivity index (χ0n) is 13.6. The minimum atomic E-state index is 0.553. The van der Waals surface area contributed by atoms with E-state index in [2.05, 4.69) is 36.1 Å². The molecule has 2 unspecified atom stereocenters. The molecule has 1 fully saturated rings. The van der Waals surface area contributed by atoms with Crippen LogP contribution in [0, 0.1) is 0 Å². The molecule has 118 valence electrons. The highest BCUT2D eigenvalue weighted by atomic mass is 32.1. The third kappa shape index (κ3) is 3.47. The number of fused-ring (bicyclic) bond motifs is 1. The van der Waals surface area contributed by atoms with Crippen LogP contribution in [0.2, 0.25) is 0 Å². The van der Waals surface area contributed by atoms with Gasteiger partial charge in [0.2, 0.25) is 0 Å². The summed E-state index contributed by atoms with van der Waals surface area (Å²) in [7, 11) is 4.49. The number of hydrogen-bond donors (Lipinski definition) is 1. The monoisotopic (exact) mass is 308 g/mol. The quantitative estimate of drug-likeness (QED) is 0.921. The molecule has 4 nitrogen and oxygen atoms in total. The van der Waals surface area contributed by atoms with Gasteiger partial charge in [0.05, 0.1) is 10.7 Å². The molecule has 1 aromatic heterocycles. The van der Waals surface area contributed by atoms with Crippen LogP contribution in [-0.2, 0) is 12.8 Å². The topological polar surface area (TPSA) is 31.4 Å². The molecule has 0 spiro atoms. The van der Waals surface area contributed by atoms with Gasteiger partial charge >= 0.3 is 0 Å². The Labute approximate surface area is 132 Å². The van der Waals surface area contributed by atoms with Crippen molar-refractivity contribution < 1.29 is 0 Å². The van der Waals surface area contributed by atoms with Gasteiger partial charge in [0.1, 0.15) is 0 Å². The fraction of sp³-hybridized carbons (Fsp3) is 0.812. The lowest BCUT2D eigenvalue weighted by Gasteiger charge is -2.37. The SMILES string of the molecule is CCNC1CCCc2nc(CC3CN(C)CCN3C)sc21. The highest BCUT2D eigenvalue weighted by Crippen LogP contribution is 2.34. The minimum Gasteiger partial charge on any atom is -0.309 e. The van der Waals surface area contributed by atoms with Crippen LogP contribution in [0.25, 0.3) is 0 Å². The Morgan fingerprint density at radius 3 is 3.00 bits per heavy atom. The maximum atomic E-state index is 4.97. The van der Waals surface area contributed by atoms with Crippen molar-refractivity contribution >= 4 is 11.3 Å². The lowest BCUT2D eigenvalue weighted by Crippen LogP contribution is -2.50. The molecule has 1 saturated heterocycles. The summed E-state index contributed by atoms with van der Waals surface area (Å²) in [6.45, 7) is 6.77. The second-order valence-electron chi connectivity index (χ2n) is 6.52. The van der Waals surface area contributed by atoms with Crippen LogP contribution in [0.4, 0.5) is 0 Å². The number of nitrogens with one attached hydrogen (secondary N) is 1. The van der Waals surface area contributed by atoms with Crippen LogP contribution in [0.5, 0.6) is 0 Å². The van der Waals surface area contributed by atoms with Crippen molar-refractivity contribution in [1.82, 2.24) is 20.1 Å². The molecular formula is C16H28N4S. The van der Waals surface area contributed by atoms with Crippen LogP contribution in [0.3, 0.4) is 0 Å². The normalized spacial score (nSPS) is 27.8. The van der Waals surface area contributed by atoms with Crippen molar-refractivity contribution in [3.05, 3.63) is 15.6 Å². The smallest absolute Gasteiger partial charge is 0.0947 e. The first-order chi connectivity index (χ1) is 10.2. The Morgan fingerprint density at radius 2 is 2.19 bits per heavy atom. The van der Waals surface area contributed by atoms with Gasteiger partial charge in [-0.25, -0.2) is 4.98 Å². The minimum absolute atomic E-state index is 0.553. The number of aryl methyl sites for hydroxylation is 1. The zero-order chi connectivity index (χ0) is 14.8. The number of aromatic nitrogens is 1. The lowest BCUT2D eigenvalue weighted by atomic mass is 9.98. The summed E-state index contributed by atoms with van der Waals surface area (Å²) in [6, 6.07) is 1.17. The third-order valence-corrected chi connectivity index (χ3v) is 6.07. The van der Waals surface area contributed by atoms with E-state index in [1.54, 1.807) is 0 Å². The number of rotatable bonds is 4. The molecule has 3 rings (SSSR count). The highest BCUT2D eigenvalue weighted by molar-refractivity contribution is 7.11. The maximum Gasteiger partial charge on any atom is 0.0947 e. The first-order valence-electron chi connectivity index (χ1n) is 8.28. The number of likely N-dealkylation sites (N-methyl/N-ethyl adjacent to an activating group) is 2. The summed E-state index contributed by atoms with van der Waals surface area (Å²) in [6.07, 6.45) is 4.83. The van der Waals surface area contributed by atoms with E-state index >= 15 is 0 Å². The van der Waals surface area contributed by atoms with Gasteiger partial charge in [-0.1, -0.05) is 6.92 Å². The molecule has 2 aliphatic rings. The van der Waals surface area contributed by atoms with Gasteiger partial charge in [0.15, 0.2) is 0 Å². The van der Waals surface area contributed by atoms with E-state index in [0.717, 1.165) is 19.5 Å². The molecule has 0 saturated carbocycles. The third-order valence-electron chi connectivity index (χ3n) is 4.84. The standard InChI is InChI=1S/C16H28N4S/c1-4-17-13-6-5-7-14-16(13)21-15(18-14)10-12-11-19(2)8-9-20(12)3/h12-13,17H,4-11H2,1-3H3. The Bertz CT molecular complexity index is 473. The van der Waals surface area contributed by atoms with Crippen LogP contribution < -0.4 is 5.32 Å². The van der Waals surface area contributed by atoms with E-state index in [-0.39, 0.29) is 0 Å². The van der Waals surface area contributed by atoms with Crippen molar-refractivity contribution in [2.24, 2.45) is 0 Å². The van der Waals surface area contributed by atoms with E-state index in [9.17, 15) is 0 Å². The molecule has 1 N–H and O–H groups in total. The van der Waals surface area contributed by atoms with E-state index < -0.39 is 0 Å². The van der Waals surface area contributed by atoms with Crippen molar-refractivity contribution in [2.75, 3.05) is 40.3 Å². The van der Waals surface area contributed by atoms with Crippen LogP contribution >= 0.6 is 11.3 Å². The van der Waals surface area contributed by atoms with Gasteiger partial charge in [-0.15, -0.1) is 11.3 Å². The van der Waals surface area contributed by atoms with Crippen molar-refractivity contribution in [2.45, 2.75) is 44.7 Å². The molecule has 5 heteroatoms. The van der Waals surface area contributed by atoms with Crippen molar-refractivity contribution in [3.63, 3.8) is 0 Å². The summed E-state index contributed by atoms with van der Waals surface area (Å²) in [5, 5.41) is 4.97. The zero-order valence-corrected chi connectivity index (χ0v) is 14.4. The van der Waals surface area contributed by atoms with Gasteiger partial charge in [-0.05, 0) is 39.9 Å². The fourth-order valence-corrected chi connectivity index (χ4v) is 4.82. The van der Waals surface area contributed by atoms with Gasteiger partial charge in [0.25, 0.3) is 0 Å². The highest BCUT2D eigenvalue weighted by Gasteiger charge is 2.27. The number of piperazine rings is 1. The largest absolute Gasteiger partial charge is 0.309 e. The Balaban J connectivity index is 1.72. The summed E-state index contributed by atoms with van der Waals surface area (Å²) >= 11 is 1.96. The number of hydrogen-bond acceptors (Lipinski definition) is 5. The Hall–Kier alpha value is -0.490. The second kappa shape index (κ2) is 6.73. The van der Waals surface area contributed by atoms with E-state index in [1.807, 2.05) is 11.3 Å². The fourth-order valence-electron chi connectivity index (χ4n) is 3.52. The van der Waals surface area contributed by atoms with Gasteiger partial charge in [-0.3, -0.25) is 0 Å². The first-order valence-corrected chi connectivity index (χ1v) is 9.09. The molecule has 0 radical (unpaired) electrons. The van der Waals surface area contributed by atoms with Crippen molar-refractivity contribution in [3.8, 4) is 0 Å². The second-order valence-corrected chi connectivity index (χ2v) is 7.64. The summed E-state index contributed by atoms with van der Waals surface area (Å²) in [5.74, 6) is 0.